The van der Waals surface area contributed by atoms with Crippen molar-refractivity contribution in [3.63, 3.8) is 0 Å². The van der Waals surface area contributed by atoms with Crippen molar-refractivity contribution in [1.29, 1.82) is 0 Å². The number of rotatable bonds is 4. The molecule has 0 saturated carbocycles. The molecule has 0 aromatic heterocycles. The maximum absolute atomic E-state index is 12.7. The summed E-state index contributed by atoms with van der Waals surface area (Å²) in [4.78, 5) is 18.9. The maximum atomic E-state index is 12.7. The van der Waals surface area contributed by atoms with Crippen molar-refractivity contribution in [2.24, 2.45) is 4.99 Å². The standard InChI is InChI=1S/C21H21ClN2O4S2/c1-13-4-3-5-14(8-13)9-20(25)23-21-24(15-6-7-18(28-2)16(22)10-15)17-11-30(26,27)12-19(17)29-21/h3-8,10,17,19H,9,11-12H2,1-2H3. The van der Waals surface area contributed by atoms with E-state index in [4.69, 9.17) is 16.3 Å². The summed E-state index contributed by atoms with van der Waals surface area (Å²) in [6, 6.07) is 12.7. The lowest BCUT2D eigenvalue weighted by atomic mass is 10.1. The van der Waals surface area contributed by atoms with Gasteiger partial charge in [-0.2, -0.15) is 4.99 Å². The van der Waals surface area contributed by atoms with Crippen LogP contribution in [0.15, 0.2) is 47.5 Å². The lowest BCUT2D eigenvalue weighted by Gasteiger charge is -2.25. The number of hydrogen-bond donors (Lipinski definition) is 0. The fraction of sp³-hybridized carbons (Fsp3) is 0.333. The summed E-state index contributed by atoms with van der Waals surface area (Å²) in [7, 11) is -1.60. The van der Waals surface area contributed by atoms with E-state index in [9.17, 15) is 13.2 Å². The van der Waals surface area contributed by atoms with Gasteiger partial charge in [0.05, 0.1) is 36.1 Å². The van der Waals surface area contributed by atoms with Gasteiger partial charge in [-0.05, 0) is 30.7 Å². The number of carbonyl (C=O) groups excluding carboxylic acids is 1. The molecule has 2 aromatic rings. The largest absolute Gasteiger partial charge is 0.495 e. The van der Waals surface area contributed by atoms with Crippen molar-refractivity contribution in [1.82, 2.24) is 0 Å². The number of carbonyl (C=O) groups is 1. The third-order valence-electron chi connectivity index (χ3n) is 5.14. The maximum Gasteiger partial charge on any atom is 0.252 e. The van der Waals surface area contributed by atoms with Crippen LogP contribution in [0.5, 0.6) is 5.75 Å². The minimum atomic E-state index is -3.13. The predicted molar refractivity (Wildman–Crippen MR) is 122 cm³/mol. The van der Waals surface area contributed by atoms with Gasteiger partial charge < -0.3 is 9.64 Å². The number of anilines is 1. The zero-order valence-corrected chi connectivity index (χ0v) is 18.9. The minimum Gasteiger partial charge on any atom is -0.495 e. The van der Waals surface area contributed by atoms with Crippen LogP contribution in [0.2, 0.25) is 5.02 Å². The summed E-state index contributed by atoms with van der Waals surface area (Å²) >= 11 is 7.64. The number of amides is 1. The topological polar surface area (TPSA) is 76.0 Å². The molecule has 2 saturated heterocycles. The first kappa shape index (κ1) is 21.2. The number of ether oxygens (including phenoxy) is 1. The van der Waals surface area contributed by atoms with Crippen LogP contribution in [0.1, 0.15) is 11.1 Å². The molecule has 2 atom stereocenters. The van der Waals surface area contributed by atoms with Crippen LogP contribution in [-0.4, -0.2) is 49.4 Å². The Balaban J connectivity index is 1.66. The van der Waals surface area contributed by atoms with Gasteiger partial charge in [0.2, 0.25) is 0 Å². The Morgan fingerprint density at radius 3 is 2.77 bits per heavy atom. The molecule has 2 aromatic carbocycles. The molecule has 1 amide bonds. The molecule has 2 heterocycles. The van der Waals surface area contributed by atoms with Gasteiger partial charge in [0.25, 0.3) is 5.91 Å². The average Bonchev–Trinajstić information content (AvgIpc) is 3.12. The number of methoxy groups -OCH3 is 1. The lowest BCUT2D eigenvalue weighted by Crippen LogP contribution is -2.37. The van der Waals surface area contributed by atoms with Gasteiger partial charge >= 0.3 is 0 Å². The van der Waals surface area contributed by atoms with Crippen LogP contribution < -0.4 is 9.64 Å². The van der Waals surface area contributed by atoms with E-state index in [0.29, 0.717) is 21.6 Å². The van der Waals surface area contributed by atoms with Crippen LogP contribution >= 0.6 is 23.4 Å². The van der Waals surface area contributed by atoms with E-state index >= 15 is 0 Å². The molecule has 0 radical (unpaired) electrons. The number of sulfone groups is 1. The third-order valence-corrected chi connectivity index (χ3v) is 8.64. The van der Waals surface area contributed by atoms with Crippen molar-refractivity contribution in [3.05, 3.63) is 58.6 Å². The van der Waals surface area contributed by atoms with E-state index in [1.54, 1.807) is 18.2 Å². The monoisotopic (exact) mass is 464 g/mol. The number of halogens is 1. The first-order valence-corrected chi connectivity index (χ1v) is 12.5. The van der Waals surface area contributed by atoms with Gasteiger partial charge in [0.15, 0.2) is 15.0 Å². The van der Waals surface area contributed by atoms with Crippen molar-refractivity contribution in [2.45, 2.75) is 24.6 Å². The number of aryl methyl sites for hydroxylation is 1. The van der Waals surface area contributed by atoms with Crippen molar-refractivity contribution in [3.8, 4) is 5.75 Å². The van der Waals surface area contributed by atoms with Crippen LogP contribution in [0.3, 0.4) is 0 Å². The Morgan fingerprint density at radius 2 is 2.07 bits per heavy atom. The number of benzene rings is 2. The number of fused-ring (bicyclic) bond motifs is 1. The zero-order chi connectivity index (χ0) is 21.5. The normalized spacial score (nSPS) is 23.6. The summed E-state index contributed by atoms with van der Waals surface area (Å²) in [5, 5.41) is 0.759. The van der Waals surface area contributed by atoms with Crippen LogP contribution in [0.4, 0.5) is 5.69 Å². The second-order valence-electron chi connectivity index (χ2n) is 7.44. The van der Waals surface area contributed by atoms with E-state index in [2.05, 4.69) is 4.99 Å². The number of amidine groups is 1. The molecule has 6 nitrogen and oxygen atoms in total. The van der Waals surface area contributed by atoms with E-state index in [-0.39, 0.29) is 35.1 Å². The quantitative estimate of drug-likeness (QED) is 0.689. The minimum absolute atomic E-state index is 0.0272. The fourth-order valence-electron chi connectivity index (χ4n) is 3.81. The molecule has 2 fully saturated rings. The summed E-state index contributed by atoms with van der Waals surface area (Å²) in [6.07, 6.45) is 0.191. The van der Waals surface area contributed by atoms with Crippen LogP contribution in [0, 0.1) is 6.92 Å². The van der Waals surface area contributed by atoms with Crippen molar-refractivity contribution >= 4 is 50.0 Å². The highest BCUT2D eigenvalue weighted by atomic mass is 35.5. The van der Waals surface area contributed by atoms with E-state index in [1.165, 1.54) is 18.9 Å². The molecule has 2 aliphatic heterocycles. The Bertz CT molecular complexity index is 1130. The first-order chi connectivity index (χ1) is 14.3. The first-order valence-electron chi connectivity index (χ1n) is 9.42. The molecule has 2 aliphatic rings. The molecule has 158 valence electrons. The highest BCUT2D eigenvalue weighted by Gasteiger charge is 2.49. The van der Waals surface area contributed by atoms with Gasteiger partial charge in [0, 0.05) is 10.9 Å². The van der Waals surface area contributed by atoms with E-state index in [0.717, 1.165) is 11.1 Å². The molecule has 9 heteroatoms. The summed E-state index contributed by atoms with van der Waals surface area (Å²) in [6.45, 7) is 1.98. The number of hydrogen-bond acceptors (Lipinski definition) is 5. The molecule has 2 unspecified atom stereocenters. The van der Waals surface area contributed by atoms with Gasteiger partial charge in [0.1, 0.15) is 5.75 Å². The summed E-state index contributed by atoms with van der Waals surface area (Å²) in [5.74, 6) is 0.361. The third kappa shape index (κ3) is 4.36. The second-order valence-corrected chi connectivity index (χ2v) is 11.2. The second kappa shape index (κ2) is 8.24. The molecular formula is C21H21ClN2O4S2. The molecule has 0 aliphatic carbocycles. The Labute approximate surface area is 185 Å². The molecule has 0 N–H and O–H groups in total. The molecule has 4 rings (SSSR count). The number of nitrogens with zero attached hydrogens (tertiary/aromatic N) is 2. The summed E-state index contributed by atoms with van der Waals surface area (Å²) < 4.78 is 29.6. The summed E-state index contributed by atoms with van der Waals surface area (Å²) in [5.41, 5.74) is 2.67. The predicted octanol–water partition coefficient (Wildman–Crippen LogP) is 3.50. The molecule has 0 bridgehead atoms. The van der Waals surface area contributed by atoms with Crippen molar-refractivity contribution < 1.29 is 17.9 Å². The highest BCUT2D eigenvalue weighted by molar-refractivity contribution is 8.16. The Kier molecular flexibility index (Phi) is 5.83. The van der Waals surface area contributed by atoms with Crippen molar-refractivity contribution in [2.75, 3.05) is 23.5 Å². The highest BCUT2D eigenvalue weighted by Crippen LogP contribution is 2.42. The van der Waals surface area contributed by atoms with Gasteiger partial charge in [-0.1, -0.05) is 53.2 Å². The van der Waals surface area contributed by atoms with Gasteiger partial charge in [-0.3, -0.25) is 4.79 Å². The number of thioether (sulfide) groups is 1. The van der Waals surface area contributed by atoms with Gasteiger partial charge in [-0.25, -0.2) is 8.42 Å². The van der Waals surface area contributed by atoms with E-state index in [1.807, 2.05) is 36.1 Å². The van der Waals surface area contributed by atoms with Crippen LogP contribution in [-0.2, 0) is 21.1 Å². The SMILES string of the molecule is COc1ccc(N2C(=NC(=O)Cc3cccc(C)c3)SC3CS(=O)(=O)CC32)cc1Cl. The van der Waals surface area contributed by atoms with Gasteiger partial charge in [-0.15, -0.1) is 0 Å². The average molecular weight is 465 g/mol. The fourth-order valence-corrected chi connectivity index (χ4v) is 8.00. The zero-order valence-electron chi connectivity index (χ0n) is 16.5. The molecule has 0 spiro atoms. The number of aliphatic imine (C=N–C) groups is 1. The Hall–Kier alpha value is -2.03. The van der Waals surface area contributed by atoms with E-state index < -0.39 is 9.84 Å². The molecule has 30 heavy (non-hydrogen) atoms. The lowest BCUT2D eigenvalue weighted by molar-refractivity contribution is -0.117. The Morgan fingerprint density at radius 1 is 1.27 bits per heavy atom. The van der Waals surface area contributed by atoms with Crippen LogP contribution in [0.25, 0.3) is 0 Å². The molecular weight excluding hydrogens is 444 g/mol. The smallest absolute Gasteiger partial charge is 0.252 e.